The van der Waals surface area contributed by atoms with Gasteiger partial charge in [-0.1, -0.05) is 20.8 Å². The van der Waals surface area contributed by atoms with Gasteiger partial charge in [0.25, 0.3) is 5.91 Å². The van der Waals surface area contributed by atoms with Gasteiger partial charge in [0.15, 0.2) is 0 Å². The van der Waals surface area contributed by atoms with Crippen LogP contribution in [-0.2, 0) is 0 Å². The van der Waals surface area contributed by atoms with Crippen LogP contribution < -0.4 is 16.4 Å². The normalized spacial score (nSPS) is 20.1. The van der Waals surface area contributed by atoms with E-state index in [9.17, 15) is 4.79 Å². The first kappa shape index (κ1) is 15.7. The zero-order valence-corrected chi connectivity index (χ0v) is 13.4. The van der Waals surface area contributed by atoms with E-state index in [-0.39, 0.29) is 5.91 Å². The van der Waals surface area contributed by atoms with Gasteiger partial charge in [-0.2, -0.15) is 0 Å². The van der Waals surface area contributed by atoms with E-state index in [0.29, 0.717) is 22.6 Å². The molecule has 1 amide bonds. The van der Waals surface area contributed by atoms with Crippen LogP contribution in [0.5, 0.6) is 0 Å². The highest BCUT2D eigenvalue weighted by Crippen LogP contribution is 2.36. The SMILES string of the molecule is CC(C)(C)C1CCCN(c2cc(N)ccc2C(N)=O)CC1. The van der Waals surface area contributed by atoms with Crippen molar-refractivity contribution >= 4 is 17.3 Å². The van der Waals surface area contributed by atoms with Crippen molar-refractivity contribution < 1.29 is 4.79 Å². The standard InChI is InChI=1S/C17H27N3O/c1-17(2,3)12-5-4-9-20(10-8-12)15-11-13(18)6-7-14(15)16(19)21/h6-7,11-12H,4-5,8-10,18H2,1-3H3,(H2,19,21). The summed E-state index contributed by atoms with van der Waals surface area (Å²) in [7, 11) is 0. The van der Waals surface area contributed by atoms with E-state index in [1.54, 1.807) is 12.1 Å². The van der Waals surface area contributed by atoms with E-state index in [4.69, 9.17) is 11.5 Å². The van der Waals surface area contributed by atoms with Gasteiger partial charge in [-0.15, -0.1) is 0 Å². The Labute approximate surface area is 127 Å². The number of amides is 1. The van der Waals surface area contributed by atoms with E-state index in [0.717, 1.165) is 31.6 Å². The Morgan fingerprint density at radius 2 is 1.95 bits per heavy atom. The fourth-order valence-corrected chi connectivity index (χ4v) is 3.22. The summed E-state index contributed by atoms with van der Waals surface area (Å²) < 4.78 is 0. The number of carbonyl (C=O) groups is 1. The topological polar surface area (TPSA) is 72.3 Å². The molecular weight excluding hydrogens is 262 g/mol. The lowest BCUT2D eigenvalue weighted by Gasteiger charge is -2.30. The van der Waals surface area contributed by atoms with Crippen LogP contribution in [0.2, 0.25) is 0 Å². The summed E-state index contributed by atoms with van der Waals surface area (Å²) in [4.78, 5) is 13.9. The van der Waals surface area contributed by atoms with Crippen molar-refractivity contribution in [3.8, 4) is 0 Å². The minimum atomic E-state index is -0.387. The molecule has 1 fully saturated rings. The average molecular weight is 289 g/mol. The molecule has 0 saturated carbocycles. The molecule has 1 aliphatic rings. The minimum absolute atomic E-state index is 0.332. The third-order valence-electron chi connectivity index (χ3n) is 4.58. The van der Waals surface area contributed by atoms with E-state index in [2.05, 4.69) is 25.7 Å². The van der Waals surface area contributed by atoms with Gasteiger partial charge in [-0.25, -0.2) is 0 Å². The monoisotopic (exact) mass is 289 g/mol. The van der Waals surface area contributed by atoms with E-state index >= 15 is 0 Å². The van der Waals surface area contributed by atoms with Crippen molar-refractivity contribution in [1.29, 1.82) is 0 Å². The maximum atomic E-state index is 11.6. The molecule has 0 spiro atoms. The summed E-state index contributed by atoms with van der Waals surface area (Å²) in [5.74, 6) is 0.321. The predicted molar refractivity (Wildman–Crippen MR) is 88.4 cm³/mol. The average Bonchev–Trinajstić information content (AvgIpc) is 2.63. The molecule has 0 aromatic heterocycles. The number of primary amides is 1. The maximum Gasteiger partial charge on any atom is 0.250 e. The summed E-state index contributed by atoms with van der Waals surface area (Å²) in [6.07, 6.45) is 3.50. The molecule has 2 rings (SSSR count). The molecule has 0 aliphatic carbocycles. The molecule has 0 radical (unpaired) electrons. The van der Waals surface area contributed by atoms with Crippen LogP contribution >= 0.6 is 0 Å². The Hall–Kier alpha value is -1.71. The number of benzene rings is 1. The Morgan fingerprint density at radius 3 is 2.57 bits per heavy atom. The molecule has 4 heteroatoms. The Kier molecular flexibility index (Phi) is 4.45. The fraction of sp³-hybridized carbons (Fsp3) is 0.588. The lowest BCUT2D eigenvalue weighted by atomic mass is 9.77. The lowest BCUT2D eigenvalue weighted by Crippen LogP contribution is -2.28. The zero-order valence-electron chi connectivity index (χ0n) is 13.4. The summed E-state index contributed by atoms with van der Waals surface area (Å²) in [5.41, 5.74) is 13.9. The van der Waals surface area contributed by atoms with Gasteiger partial charge < -0.3 is 16.4 Å². The number of nitrogen functional groups attached to an aromatic ring is 1. The number of nitrogens with zero attached hydrogens (tertiary/aromatic N) is 1. The molecule has 1 unspecified atom stereocenters. The highest BCUT2D eigenvalue weighted by molar-refractivity contribution is 5.99. The molecule has 1 aromatic carbocycles. The van der Waals surface area contributed by atoms with Crippen molar-refractivity contribution in [2.24, 2.45) is 17.1 Å². The van der Waals surface area contributed by atoms with Crippen LogP contribution in [0, 0.1) is 11.3 Å². The Morgan fingerprint density at radius 1 is 1.24 bits per heavy atom. The van der Waals surface area contributed by atoms with Gasteiger partial charge in [-0.3, -0.25) is 4.79 Å². The first-order valence-corrected chi connectivity index (χ1v) is 7.73. The van der Waals surface area contributed by atoms with E-state index in [1.165, 1.54) is 6.42 Å². The highest BCUT2D eigenvalue weighted by Gasteiger charge is 2.28. The van der Waals surface area contributed by atoms with E-state index in [1.807, 2.05) is 6.07 Å². The molecule has 1 saturated heterocycles. The maximum absolute atomic E-state index is 11.6. The Balaban J connectivity index is 2.23. The van der Waals surface area contributed by atoms with Crippen molar-refractivity contribution in [3.63, 3.8) is 0 Å². The molecule has 116 valence electrons. The minimum Gasteiger partial charge on any atom is -0.399 e. The van der Waals surface area contributed by atoms with Crippen LogP contribution in [0.1, 0.15) is 50.4 Å². The lowest BCUT2D eigenvalue weighted by molar-refractivity contribution is 0.100. The third-order valence-corrected chi connectivity index (χ3v) is 4.58. The smallest absolute Gasteiger partial charge is 0.250 e. The van der Waals surface area contributed by atoms with Gasteiger partial charge in [-0.05, 0) is 48.8 Å². The van der Waals surface area contributed by atoms with E-state index < -0.39 is 0 Å². The molecule has 4 nitrogen and oxygen atoms in total. The highest BCUT2D eigenvalue weighted by atomic mass is 16.1. The van der Waals surface area contributed by atoms with Gasteiger partial charge in [0, 0.05) is 18.8 Å². The van der Waals surface area contributed by atoms with Crippen molar-refractivity contribution in [1.82, 2.24) is 0 Å². The number of carbonyl (C=O) groups excluding carboxylic acids is 1. The van der Waals surface area contributed by atoms with Crippen LogP contribution in [0.4, 0.5) is 11.4 Å². The summed E-state index contributed by atoms with van der Waals surface area (Å²) in [6, 6.07) is 5.34. The molecular formula is C17H27N3O. The van der Waals surface area contributed by atoms with Crippen LogP contribution in [-0.4, -0.2) is 19.0 Å². The first-order valence-electron chi connectivity index (χ1n) is 7.73. The molecule has 1 atom stereocenters. The Bertz CT molecular complexity index is 519. The van der Waals surface area contributed by atoms with Gasteiger partial charge in [0.1, 0.15) is 0 Å². The number of hydrogen-bond donors (Lipinski definition) is 2. The quantitative estimate of drug-likeness (QED) is 0.822. The third kappa shape index (κ3) is 3.69. The largest absolute Gasteiger partial charge is 0.399 e. The van der Waals surface area contributed by atoms with Gasteiger partial charge >= 0.3 is 0 Å². The van der Waals surface area contributed by atoms with Crippen LogP contribution in [0.25, 0.3) is 0 Å². The van der Waals surface area contributed by atoms with Crippen LogP contribution in [0.15, 0.2) is 18.2 Å². The zero-order chi connectivity index (χ0) is 15.6. The second-order valence-electron chi connectivity index (χ2n) is 7.12. The number of anilines is 2. The van der Waals surface area contributed by atoms with Gasteiger partial charge in [0.05, 0.1) is 11.3 Å². The molecule has 4 N–H and O–H groups in total. The molecule has 0 bridgehead atoms. The second kappa shape index (κ2) is 5.96. The summed E-state index contributed by atoms with van der Waals surface area (Å²) in [6.45, 7) is 8.83. The number of hydrogen-bond acceptors (Lipinski definition) is 3. The number of rotatable bonds is 2. The second-order valence-corrected chi connectivity index (χ2v) is 7.12. The fourth-order valence-electron chi connectivity index (χ4n) is 3.22. The van der Waals surface area contributed by atoms with Gasteiger partial charge in [0.2, 0.25) is 0 Å². The predicted octanol–water partition coefficient (Wildman–Crippen LogP) is 3.02. The molecule has 1 aromatic rings. The van der Waals surface area contributed by atoms with Crippen molar-refractivity contribution in [2.75, 3.05) is 23.7 Å². The van der Waals surface area contributed by atoms with Crippen LogP contribution in [0.3, 0.4) is 0 Å². The molecule has 1 aliphatic heterocycles. The number of nitrogens with two attached hydrogens (primary N) is 2. The first-order chi connectivity index (χ1) is 9.79. The summed E-state index contributed by atoms with van der Waals surface area (Å²) >= 11 is 0. The van der Waals surface area contributed by atoms with Crippen molar-refractivity contribution in [3.05, 3.63) is 23.8 Å². The summed E-state index contributed by atoms with van der Waals surface area (Å²) in [5, 5.41) is 0. The van der Waals surface area contributed by atoms with Crippen molar-refractivity contribution in [2.45, 2.75) is 40.0 Å². The molecule has 21 heavy (non-hydrogen) atoms. The molecule has 1 heterocycles.